The predicted octanol–water partition coefficient (Wildman–Crippen LogP) is 3.35. The van der Waals surface area contributed by atoms with E-state index in [1.807, 2.05) is 0 Å². The first-order valence-corrected chi connectivity index (χ1v) is 6.62. The van der Waals surface area contributed by atoms with Crippen molar-refractivity contribution in [2.45, 2.75) is 58.8 Å². The van der Waals surface area contributed by atoms with Crippen LogP contribution in [0.2, 0.25) is 0 Å². The fourth-order valence-electron chi connectivity index (χ4n) is 1.67. The largest absolute Gasteiger partial charge is 0.381 e. The van der Waals surface area contributed by atoms with Gasteiger partial charge in [0.15, 0.2) is 0 Å². The summed E-state index contributed by atoms with van der Waals surface area (Å²) in [5.41, 5.74) is 5.43. The first-order chi connectivity index (χ1) is 7.35. The Kier molecular flexibility index (Phi) is 11.9. The molecule has 2 N–H and O–H groups in total. The van der Waals surface area contributed by atoms with Crippen molar-refractivity contribution >= 4 is 0 Å². The predicted molar refractivity (Wildman–Crippen MR) is 67.0 cm³/mol. The van der Waals surface area contributed by atoms with Crippen molar-refractivity contribution in [2.24, 2.45) is 11.7 Å². The number of ether oxygens (including phenoxy) is 1. The van der Waals surface area contributed by atoms with E-state index in [1.165, 1.54) is 38.5 Å². The maximum atomic E-state index is 5.69. The van der Waals surface area contributed by atoms with Crippen LogP contribution in [0, 0.1) is 5.92 Å². The molecular formula is C13H29NO. The molecule has 92 valence electrons. The Balaban J connectivity index is 3.22. The molecule has 1 unspecified atom stereocenters. The molecular weight excluding hydrogens is 186 g/mol. The van der Waals surface area contributed by atoms with Gasteiger partial charge in [-0.3, -0.25) is 0 Å². The third kappa shape index (κ3) is 10.2. The Morgan fingerprint density at radius 3 is 2.47 bits per heavy atom. The standard InChI is InChI=1S/C13H29NO/c1-3-5-9-13(4-2)12-15-11-8-6-7-10-14/h13H,3-12,14H2,1-2H3. The zero-order valence-electron chi connectivity index (χ0n) is 10.6. The summed E-state index contributed by atoms with van der Waals surface area (Å²) < 4.78 is 5.69. The highest BCUT2D eigenvalue weighted by molar-refractivity contribution is 4.55. The summed E-state index contributed by atoms with van der Waals surface area (Å²) in [5.74, 6) is 0.777. The van der Waals surface area contributed by atoms with Gasteiger partial charge in [0.2, 0.25) is 0 Å². The van der Waals surface area contributed by atoms with Gasteiger partial charge in [-0.2, -0.15) is 0 Å². The SMILES string of the molecule is CCCCC(CC)COCCCCCN. The highest BCUT2D eigenvalue weighted by Gasteiger charge is 2.05. The van der Waals surface area contributed by atoms with Crippen LogP contribution in [0.5, 0.6) is 0 Å². The Morgan fingerprint density at radius 1 is 1.07 bits per heavy atom. The monoisotopic (exact) mass is 215 g/mol. The number of hydrogen-bond acceptors (Lipinski definition) is 2. The molecule has 2 nitrogen and oxygen atoms in total. The number of nitrogens with two attached hydrogens (primary N) is 1. The molecule has 0 aliphatic carbocycles. The molecule has 0 saturated heterocycles. The van der Waals surface area contributed by atoms with Gasteiger partial charge in [0.05, 0.1) is 0 Å². The van der Waals surface area contributed by atoms with Crippen molar-refractivity contribution in [1.29, 1.82) is 0 Å². The molecule has 0 aliphatic rings. The average molecular weight is 215 g/mol. The molecule has 0 aromatic rings. The molecule has 15 heavy (non-hydrogen) atoms. The van der Waals surface area contributed by atoms with Crippen molar-refractivity contribution in [3.63, 3.8) is 0 Å². The van der Waals surface area contributed by atoms with Gasteiger partial charge in [-0.1, -0.05) is 33.1 Å². The van der Waals surface area contributed by atoms with Gasteiger partial charge in [-0.15, -0.1) is 0 Å². The quantitative estimate of drug-likeness (QED) is 0.536. The van der Waals surface area contributed by atoms with Crippen molar-refractivity contribution in [1.82, 2.24) is 0 Å². The first kappa shape index (κ1) is 14.9. The summed E-state index contributed by atoms with van der Waals surface area (Å²) in [4.78, 5) is 0. The van der Waals surface area contributed by atoms with E-state index < -0.39 is 0 Å². The molecule has 0 aromatic heterocycles. The van der Waals surface area contributed by atoms with Crippen molar-refractivity contribution in [3.05, 3.63) is 0 Å². The number of hydrogen-bond donors (Lipinski definition) is 1. The maximum absolute atomic E-state index is 5.69. The molecule has 0 aliphatic heterocycles. The first-order valence-electron chi connectivity index (χ1n) is 6.62. The Hall–Kier alpha value is -0.0800. The molecule has 0 saturated carbocycles. The zero-order valence-corrected chi connectivity index (χ0v) is 10.6. The lowest BCUT2D eigenvalue weighted by atomic mass is 10.0. The highest BCUT2D eigenvalue weighted by atomic mass is 16.5. The summed E-state index contributed by atoms with van der Waals surface area (Å²) in [6, 6.07) is 0. The van der Waals surface area contributed by atoms with Crippen LogP contribution in [0.15, 0.2) is 0 Å². The van der Waals surface area contributed by atoms with E-state index in [1.54, 1.807) is 0 Å². The molecule has 0 aromatic carbocycles. The lowest BCUT2D eigenvalue weighted by Crippen LogP contribution is -2.10. The topological polar surface area (TPSA) is 35.2 Å². The Bertz CT molecular complexity index is 117. The Labute approximate surface area is 95.6 Å². The maximum Gasteiger partial charge on any atom is 0.0494 e. The normalized spacial score (nSPS) is 13.0. The fraction of sp³-hybridized carbons (Fsp3) is 1.00. The van der Waals surface area contributed by atoms with E-state index in [0.29, 0.717) is 0 Å². The lowest BCUT2D eigenvalue weighted by molar-refractivity contribution is 0.0910. The van der Waals surface area contributed by atoms with Gasteiger partial charge in [0, 0.05) is 13.2 Å². The second-order valence-corrected chi connectivity index (χ2v) is 4.34. The molecule has 2 heteroatoms. The summed E-state index contributed by atoms with van der Waals surface area (Å²) >= 11 is 0. The zero-order chi connectivity index (χ0) is 11.4. The lowest BCUT2D eigenvalue weighted by Gasteiger charge is -2.14. The number of rotatable bonds is 11. The van der Waals surface area contributed by atoms with Gasteiger partial charge in [0.1, 0.15) is 0 Å². The van der Waals surface area contributed by atoms with E-state index in [-0.39, 0.29) is 0 Å². The van der Waals surface area contributed by atoms with Crippen molar-refractivity contribution in [2.75, 3.05) is 19.8 Å². The Morgan fingerprint density at radius 2 is 1.87 bits per heavy atom. The van der Waals surface area contributed by atoms with Crippen LogP contribution in [0.4, 0.5) is 0 Å². The summed E-state index contributed by atoms with van der Waals surface area (Å²) in [6.07, 6.45) is 8.74. The molecule has 0 bridgehead atoms. The number of unbranched alkanes of at least 4 members (excludes halogenated alkanes) is 3. The summed E-state index contributed by atoms with van der Waals surface area (Å²) in [7, 11) is 0. The average Bonchev–Trinajstić information content (AvgIpc) is 2.27. The van der Waals surface area contributed by atoms with E-state index >= 15 is 0 Å². The summed E-state index contributed by atoms with van der Waals surface area (Å²) in [6.45, 7) is 7.20. The summed E-state index contributed by atoms with van der Waals surface area (Å²) in [5, 5.41) is 0. The fourth-order valence-corrected chi connectivity index (χ4v) is 1.67. The molecule has 0 rings (SSSR count). The molecule has 0 heterocycles. The van der Waals surface area contributed by atoms with Gasteiger partial charge in [-0.25, -0.2) is 0 Å². The molecule has 0 amide bonds. The van der Waals surface area contributed by atoms with E-state index in [0.717, 1.165) is 32.1 Å². The van der Waals surface area contributed by atoms with Gasteiger partial charge in [-0.05, 0) is 38.1 Å². The van der Waals surface area contributed by atoms with Gasteiger partial charge < -0.3 is 10.5 Å². The minimum absolute atomic E-state index is 0.777. The van der Waals surface area contributed by atoms with Crippen LogP contribution in [-0.4, -0.2) is 19.8 Å². The highest BCUT2D eigenvalue weighted by Crippen LogP contribution is 2.12. The molecule has 0 radical (unpaired) electrons. The third-order valence-electron chi connectivity index (χ3n) is 2.89. The third-order valence-corrected chi connectivity index (χ3v) is 2.89. The second-order valence-electron chi connectivity index (χ2n) is 4.34. The van der Waals surface area contributed by atoms with E-state index in [4.69, 9.17) is 10.5 Å². The minimum Gasteiger partial charge on any atom is -0.381 e. The van der Waals surface area contributed by atoms with Gasteiger partial charge >= 0.3 is 0 Å². The second kappa shape index (κ2) is 12.0. The molecule has 0 fully saturated rings. The molecule has 0 spiro atoms. The van der Waals surface area contributed by atoms with Crippen LogP contribution in [0.1, 0.15) is 58.8 Å². The van der Waals surface area contributed by atoms with Crippen molar-refractivity contribution < 1.29 is 4.74 Å². The van der Waals surface area contributed by atoms with Crippen LogP contribution in [0.25, 0.3) is 0 Å². The van der Waals surface area contributed by atoms with Crippen LogP contribution < -0.4 is 5.73 Å². The van der Waals surface area contributed by atoms with Gasteiger partial charge in [0.25, 0.3) is 0 Å². The van der Waals surface area contributed by atoms with Crippen LogP contribution >= 0.6 is 0 Å². The van der Waals surface area contributed by atoms with Crippen LogP contribution in [-0.2, 0) is 4.74 Å². The minimum atomic E-state index is 0.777. The molecule has 1 atom stereocenters. The van der Waals surface area contributed by atoms with Crippen LogP contribution in [0.3, 0.4) is 0 Å². The van der Waals surface area contributed by atoms with Crippen molar-refractivity contribution in [3.8, 4) is 0 Å². The van der Waals surface area contributed by atoms with E-state index in [2.05, 4.69) is 13.8 Å². The smallest absolute Gasteiger partial charge is 0.0494 e. The van der Waals surface area contributed by atoms with E-state index in [9.17, 15) is 0 Å².